The minimum Gasteiger partial charge on any atom is -0.658 e. The van der Waals surface area contributed by atoms with Gasteiger partial charge < -0.3 is 27.4 Å². The van der Waals surface area contributed by atoms with E-state index < -0.39 is 0 Å². The molecule has 4 aliphatic rings. The van der Waals surface area contributed by atoms with E-state index >= 15 is 0 Å². The maximum Gasteiger partial charge on any atom is 2.00 e. The molecule has 0 unspecified atom stereocenters. The third-order valence-corrected chi connectivity index (χ3v) is 11.7. The van der Waals surface area contributed by atoms with Gasteiger partial charge in [-0.3, -0.25) is 9.97 Å². The first-order valence-electron chi connectivity index (χ1n) is 20.9. The maximum atomic E-state index is 5.06. The first-order valence-corrected chi connectivity index (χ1v) is 20.9. The van der Waals surface area contributed by atoms with E-state index in [-0.39, 0.29) is 76.7 Å². The van der Waals surface area contributed by atoms with Crippen LogP contribution in [0.15, 0.2) is 103 Å². The van der Waals surface area contributed by atoms with Crippen molar-refractivity contribution in [3.8, 4) is 11.1 Å². The van der Waals surface area contributed by atoms with Crippen LogP contribution >= 0.6 is 0 Å². The smallest absolute Gasteiger partial charge is 0.658 e. The summed E-state index contributed by atoms with van der Waals surface area (Å²) in [6.07, 6.45) is 9.94. The van der Waals surface area contributed by atoms with Crippen LogP contribution in [0, 0.1) is 28.2 Å². The van der Waals surface area contributed by atoms with Crippen molar-refractivity contribution in [1.29, 1.82) is 0 Å². The van der Waals surface area contributed by atoms with Crippen LogP contribution in [0.1, 0.15) is 89.9 Å². The van der Waals surface area contributed by atoms with Crippen LogP contribution in [0.25, 0.3) is 79.6 Å². The van der Waals surface area contributed by atoms with E-state index in [4.69, 9.17) is 29.9 Å². The molecular formula is C54H49N8Zn3-. The molecule has 11 heteroatoms. The summed E-state index contributed by atoms with van der Waals surface area (Å²) in [4.78, 5) is 38.7. The Bertz CT molecular complexity index is 3300. The quantitative estimate of drug-likeness (QED) is 0.118. The molecule has 16 bridgehead atoms. The molecule has 0 fully saturated rings. The average molecular weight is 1010 g/mol. The summed E-state index contributed by atoms with van der Waals surface area (Å²) in [5.74, 6) is 0. The van der Waals surface area contributed by atoms with E-state index in [1.54, 1.807) is 0 Å². The van der Waals surface area contributed by atoms with Gasteiger partial charge in [-0.25, -0.2) is 9.97 Å². The summed E-state index contributed by atoms with van der Waals surface area (Å²) < 4.78 is 0. The van der Waals surface area contributed by atoms with Gasteiger partial charge in [0.25, 0.3) is 0 Å². The van der Waals surface area contributed by atoms with Crippen molar-refractivity contribution in [3.05, 3.63) is 173 Å². The molecule has 0 saturated heterocycles. The van der Waals surface area contributed by atoms with Crippen LogP contribution in [-0.4, -0.2) is 19.9 Å². The van der Waals surface area contributed by atoms with Crippen LogP contribution in [0.4, 0.5) is 0 Å². The van der Waals surface area contributed by atoms with Crippen LogP contribution in [0.3, 0.4) is 0 Å². The summed E-state index contributed by atoms with van der Waals surface area (Å²) in [5, 5.41) is 0. The third kappa shape index (κ3) is 10.4. The Kier molecular flexibility index (Phi) is 14.7. The van der Waals surface area contributed by atoms with E-state index in [1.807, 2.05) is 60.7 Å². The number of hydrogen-bond acceptors (Lipinski definition) is 4. The van der Waals surface area contributed by atoms with Crippen molar-refractivity contribution >= 4 is 68.4 Å². The average Bonchev–Trinajstić information content (AvgIpc) is 4.04. The van der Waals surface area contributed by atoms with Crippen molar-refractivity contribution in [2.75, 3.05) is 0 Å². The predicted octanol–water partition coefficient (Wildman–Crippen LogP) is 11.6. The minimum atomic E-state index is -0.0484. The molecule has 6 aromatic heterocycles. The Hall–Kier alpha value is -5.19. The summed E-state index contributed by atoms with van der Waals surface area (Å²) in [6.45, 7) is 15.4. The van der Waals surface area contributed by atoms with Gasteiger partial charge in [-0.15, -0.1) is 44.1 Å². The number of fused-ring (bicyclic) bond motifs is 16. The van der Waals surface area contributed by atoms with E-state index in [9.17, 15) is 0 Å². The van der Waals surface area contributed by atoms with Crippen LogP contribution in [0.5, 0.6) is 0 Å². The molecule has 1 aromatic carbocycles. The molecule has 7 aromatic rings. The summed E-state index contributed by atoms with van der Waals surface area (Å²) in [5.41, 5.74) is 21.2. The van der Waals surface area contributed by atoms with Crippen molar-refractivity contribution in [2.45, 2.75) is 72.1 Å². The van der Waals surface area contributed by atoms with Crippen molar-refractivity contribution < 1.29 is 58.4 Å². The molecule has 8 nitrogen and oxygen atoms in total. The Balaban J connectivity index is 0.000000210. The molecule has 0 amide bonds. The normalized spacial score (nSPS) is 13.9. The molecule has 0 aliphatic carbocycles. The molecule has 0 saturated carbocycles. The second-order valence-electron chi connectivity index (χ2n) is 17.9. The third-order valence-electron chi connectivity index (χ3n) is 11.7. The van der Waals surface area contributed by atoms with Crippen LogP contribution in [0.2, 0.25) is 0 Å². The van der Waals surface area contributed by atoms with Gasteiger partial charge in [0.1, 0.15) is 0 Å². The van der Waals surface area contributed by atoms with Gasteiger partial charge in [0.05, 0.1) is 22.8 Å². The number of aryl methyl sites for hydroxylation is 3. The van der Waals surface area contributed by atoms with Crippen molar-refractivity contribution in [1.82, 2.24) is 39.9 Å². The zero-order chi connectivity index (χ0) is 42.0. The Morgan fingerprint density at radius 1 is 0.431 bits per heavy atom. The SMILES string of the molecule is CC1(C)Cc2cc3ccc(cc4nc(cc5ccc(cc1n2)[n-]5)C=C4)[n-]3.Cc1cc(C)c(-c2c3nc(cc4ccc(cc5nc(cc6ccc2[n-]6)CC5(C)C)[n-]4)C=C3)c(C)c1.[CH3-].[Zn+2].[Zn+2].[Zn]. The molecule has 65 heavy (non-hydrogen) atoms. The Labute approximate surface area is 419 Å². The number of hydrogen-bond donors (Lipinski definition) is 0. The molecule has 11 rings (SSSR count). The second kappa shape index (κ2) is 19.3. The molecule has 10 heterocycles. The summed E-state index contributed by atoms with van der Waals surface area (Å²) in [7, 11) is 0. The monoisotopic (exact) mass is 1000 g/mol. The molecule has 0 atom stereocenters. The Morgan fingerprint density at radius 3 is 1.29 bits per heavy atom. The summed E-state index contributed by atoms with van der Waals surface area (Å²) in [6, 6.07) is 35.3. The first-order chi connectivity index (χ1) is 29.3. The predicted molar refractivity (Wildman–Crippen MR) is 255 cm³/mol. The molecule has 0 N–H and O–H groups in total. The van der Waals surface area contributed by atoms with E-state index in [2.05, 4.69) is 125 Å². The van der Waals surface area contributed by atoms with Crippen molar-refractivity contribution in [3.63, 3.8) is 0 Å². The maximum absolute atomic E-state index is 5.06. The van der Waals surface area contributed by atoms with E-state index in [1.165, 1.54) is 22.3 Å². The fourth-order valence-corrected chi connectivity index (χ4v) is 8.85. The molecule has 0 spiro atoms. The molecular weight excluding hydrogens is 957 g/mol. The fourth-order valence-electron chi connectivity index (χ4n) is 8.85. The molecule has 312 valence electrons. The van der Waals surface area contributed by atoms with Gasteiger partial charge >= 0.3 is 39.0 Å². The zero-order valence-electron chi connectivity index (χ0n) is 38.7. The van der Waals surface area contributed by atoms with Crippen LogP contribution in [-0.2, 0) is 82.1 Å². The standard InChI is InChI=1S/C31H28N4.C22H18N4.CH3.3Zn/c1-18-12-19(2)29(20(3)13-18)30-26-10-8-22(33-26)14-21-6-7-24(32-21)16-28-31(4,5)17-25(35-28)15-23-9-11-27(30)34-23;1-22(2)13-20-11-18-6-5-16(24-18)9-14-3-4-15(23-14)10-17-7-8-19(25-17)12-21(22)26-20;;;;/h6-16H,17H2,1-5H3;3-12H,13H2,1-2H3;1H3;;;/q2*-2;-1;;2*+2. The summed E-state index contributed by atoms with van der Waals surface area (Å²) >= 11 is 0. The number of rotatable bonds is 1. The molecule has 4 aliphatic heterocycles. The van der Waals surface area contributed by atoms with E-state index in [0.717, 1.165) is 108 Å². The number of benzene rings is 1. The Morgan fingerprint density at radius 2 is 0.815 bits per heavy atom. The number of aromatic nitrogens is 8. The van der Waals surface area contributed by atoms with Gasteiger partial charge in [0.15, 0.2) is 0 Å². The second-order valence-corrected chi connectivity index (χ2v) is 17.9. The minimum absolute atomic E-state index is 0. The molecule has 0 radical (unpaired) electrons. The van der Waals surface area contributed by atoms with Gasteiger partial charge in [0.2, 0.25) is 0 Å². The largest absolute Gasteiger partial charge is 2.00 e. The fraction of sp³-hybridized carbons (Fsp3) is 0.204. The van der Waals surface area contributed by atoms with Crippen LogP contribution < -0.4 is 19.9 Å². The topological polar surface area (TPSA) is 108 Å². The zero-order valence-corrected chi connectivity index (χ0v) is 47.6. The first kappa shape index (κ1) is 49.2. The number of nitrogens with zero attached hydrogens (tertiary/aromatic N) is 8. The van der Waals surface area contributed by atoms with Gasteiger partial charge in [-0.2, -0.15) is 0 Å². The van der Waals surface area contributed by atoms with Gasteiger partial charge in [0, 0.05) is 65.9 Å². The van der Waals surface area contributed by atoms with Gasteiger partial charge in [-0.05, 0) is 67.3 Å². The van der Waals surface area contributed by atoms with Crippen molar-refractivity contribution in [2.24, 2.45) is 0 Å². The van der Waals surface area contributed by atoms with E-state index in [0.29, 0.717) is 0 Å². The van der Waals surface area contributed by atoms with Gasteiger partial charge in [-0.1, -0.05) is 136 Å².